The summed E-state index contributed by atoms with van der Waals surface area (Å²) in [5.41, 5.74) is 11.6. The zero-order valence-electron chi connectivity index (χ0n) is 12.7. The molecule has 1 aliphatic carbocycles. The van der Waals surface area contributed by atoms with Gasteiger partial charge in [-0.05, 0) is 52.7 Å². The smallest absolute Gasteiger partial charge is 0.0766 e. The maximum absolute atomic E-state index is 6.83. The third-order valence-electron chi connectivity index (χ3n) is 4.61. The van der Waals surface area contributed by atoms with Gasteiger partial charge in [0, 0.05) is 19.0 Å². The highest BCUT2D eigenvalue weighted by atomic mass is 79.9. The molecule has 2 aromatic rings. The van der Waals surface area contributed by atoms with E-state index in [4.69, 9.17) is 5.73 Å². The van der Waals surface area contributed by atoms with E-state index in [9.17, 15) is 0 Å². The minimum atomic E-state index is -0.282. The largest absolute Gasteiger partial charge is 0.321 e. The number of rotatable bonds is 3. The molecular weight excluding hydrogens is 326 g/mol. The van der Waals surface area contributed by atoms with Crippen LogP contribution in [0.3, 0.4) is 0 Å². The Hall–Kier alpha value is -1.13. The Balaban J connectivity index is 2.00. The molecule has 0 saturated heterocycles. The highest BCUT2D eigenvalue weighted by Gasteiger charge is 2.34. The van der Waals surface area contributed by atoms with Crippen LogP contribution in [0.1, 0.15) is 42.3 Å². The molecule has 3 nitrogen and oxygen atoms in total. The number of hydrogen-bond donors (Lipinski definition) is 1. The highest BCUT2D eigenvalue weighted by Crippen LogP contribution is 2.37. The zero-order chi connectivity index (χ0) is 15.0. The Labute approximate surface area is 134 Å². The van der Waals surface area contributed by atoms with Crippen LogP contribution in [-0.4, -0.2) is 9.78 Å². The first kappa shape index (κ1) is 14.8. The summed E-state index contributed by atoms with van der Waals surface area (Å²) in [5.74, 6) is 0. The molecule has 21 heavy (non-hydrogen) atoms. The summed E-state index contributed by atoms with van der Waals surface area (Å²) in [6.45, 7) is 2.13. The molecular formula is C17H22BrN3. The second kappa shape index (κ2) is 5.58. The van der Waals surface area contributed by atoms with Crippen LogP contribution < -0.4 is 5.73 Å². The molecule has 1 aromatic heterocycles. The number of benzene rings is 1. The van der Waals surface area contributed by atoms with E-state index in [1.165, 1.54) is 16.8 Å². The second-order valence-corrected chi connectivity index (χ2v) is 6.82. The molecule has 0 radical (unpaired) electrons. The molecule has 0 spiro atoms. The summed E-state index contributed by atoms with van der Waals surface area (Å²) in [7, 11) is 2.01. The lowest BCUT2D eigenvalue weighted by Gasteiger charge is -2.36. The number of aromatic nitrogens is 2. The molecule has 112 valence electrons. The van der Waals surface area contributed by atoms with Gasteiger partial charge in [-0.2, -0.15) is 5.10 Å². The fourth-order valence-corrected chi connectivity index (χ4v) is 4.20. The second-order valence-electron chi connectivity index (χ2n) is 6.03. The average Bonchev–Trinajstić information content (AvgIpc) is 2.75. The summed E-state index contributed by atoms with van der Waals surface area (Å²) >= 11 is 3.71. The first-order valence-corrected chi connectivity index (χ1v) is 8.42. The average molecular weight is 348 g/mol. The third-order valence-corrected chi connectivity index (χ3v) is 5.52. The number of nitrogens with two attached hydrogens (primary N) is 1. The van der Waals surface area contributed by atoms with Crippen molar-refractivity contribution in [2.45, 2.75) is 44.6 Å². The van der Waals surface area contributed by atoms with Gasteiger partial charge in [-0.15, -0.1) is 0 Å². The minimum absolute atomic E-state index is 0.282. The SMILES string of the molecule is CCc1nn(C)c(CC2(N)CCCc3ccccc32)c1Br. The molecule has 1 aliphatic rings. The van der Waals surface area contributed by atoms with Gasteiger partial charge in [-0.1, -0.05) is 31.2 Å². The lowest BCUT2D eigenvalue weighted by molar-refractivity contribution is 0.360. The summed E-state index contributed by atoms with van der Waals surface area (Å²) in [4.78, 5) is 0. The lowest BCUT2D eigenvalue weighted by atomic mass is 9.74. The Bertz CT molecular complexity index is 662. The minimum Gasteiger partial charge on any atom is -0.321 e. The molecule has 1 atom stereocenters. The Kier molecular flexibility index (Phi) is 3.93. The Morgan fingerprint density at radius 2 is 2.14 bits per heavy atom. The predicted molar refractivity (Wildman–Crippen MR) is 89.2 cm³/mol. The van der Waals surface area contributed by atoms with E-state index in [2.05, 4.69) is 52.2 Å². The van der Waals surface area contributed by atoms with Crippen molar-refractivity contribution in [3.63, 3.8) is 0 Å². The molecule has 1 aromatic carbocycles. The van der Waals surface area contributed by atoms with Crippen LogP contribution >= 0.6 is 15.9 Å². The van der Waals surface area contributed by atoms with Crippen LogP contribution in [0.2, 0.25) is 0 Å². The number of nitrogens with zero attached hydrogens (tertiary/aromatic N) is 2. The van der Waals surface area contributed by atoms with Gasteiger partial charge >= 0.3 is 0 Å². The fraction of sp³-hybridized carbons (Fsp3) is 0.471. The van der Waals surface area contributed by atoms with Gasteiger partial charge in [-0.3, -0.25) is 4.68 Å². The zero-order valence-corrected chi connectivity index (χ0v) is 14.3. The standard InChI is InChI=1S/C17H22BrN3/c1-3-14-16(18)15(21(2)20-14)11-17(19)10-6-8-12-7-4-5-9-13(12)17/h4-5,7,9H,3,6,8,10-11,19H2,1-2H3. The van der Waals surface area contributed by atoms with Crippen LogP contribution in [-0.2, 0) is 31.8 Å². The normalized spacial score (nSPS) is 21.3. The molecule has 0 fully saturated rings. The first-order valence-electron chi connectivity index (χ1n) is 7.62. The Morgan fingerprint density at radius 3 is 2.86 bits per heavy atom. The number of fused-ring (bicyclic) bond motifs is 1. The van der Waals surface area contributed by atoms with Crippen LogP contribution in [0.25, 0.3) is 0 Å². The van der Waals surface area contributed by atoms with E-state index in [1.54, 1.807) is 0 Å². The molecule has 0 saturated carbocycles. The van der Waals surface area contributed by atoms with Crippen molar-refractivity contribution in [2.75, 3.05) is 0 Å². The molecule has 1 unspecified atom stereocenters. The quantitative estimate of drug-likeness (QED) is 0.923. The molecule has 2 N–H and O–H groups in total. The van der Waals surface area contributed by atoms with E-state index in [0.717, 1.165) is 42.3 Å². The third kappa shape index (κ3) is 2.55. The van der Waals surface area contributed by atoms with Crippen molar-refractivity contribution >= 4 is 15.9 Å². The Morgan fingerprint density at radius 1 is 1.38 bits per heavy atom. The van der Waals surface area contributed by atoms with Gasteiger partial charge in [0.25, 0.3) is 0 Å². The summed E-state index contributed by atoms with van der Waals surface area (Å²) in [5, 5.41) is 4.60. The van der Waals surface area contributed by atoms with Gasteiger partial charge < -0.3 is 5.73 Å². The summed E-state index contributed by atoms with van der Waals surface area (Å²) < 4.78 is 3.11. The van der Waals surface area contributed by atoms with E-state index in [-0.39, 0.29) is 5.54 Å². The molecule has 4 heteroatoms. The maximum atomic E-state index is 6.83. The maximum Gasteiger partial charge on any atom is 0.0766 e. The van der Waals surface area contributed by atoms with Crippen LogP contribution in [0.5, 0.6) is 0 Å². The van der Waals surface area contributed by atoms with Gasteiger partial charge in [0.2, 0.25) is 0 Å². The monoisotopic (exact) mass is 347 g/mol. The van der Waals surface area contributed by atoms with Gasteiger partial charge in [0.05, 0.1) is 15.9 Å². The predicted octanol–water partition coefficient (Wildman–Crippen LogP) is 3.48. The van der Waals surface area contributed by atoms with Gasteiger partial charge in [0.15, 0.2) is 0 Å². The first-order chi connectivity index (χ1) is 10.0. The van der Waals surface area contributed by atoms with Crippen molar-refractivity contribution in [2.24, 2.45) is 12.8 Å². The van der Waals surface area contributed by atoms with Crippen LogP contribution in [0.4, 0.5) is 0 Å². The molecule has 0 aliphatic heterocycles. The lowest BCUT2D eigenvalue weighted by Crippen LogP contribution is -2.42. The molecule has 3 rings (SSSR count). The van der Waals surface area contributed by atoms with E-state index >= 15 is 0 Å². The van der Waals surface area contributed by atoms with Crippen molar-refractivity contribution in [3.05, 3.63) is 51.3 Å². The van der Waals surface area contributed by atoms with Crippen molar-refractivity contribution < 1.29 is 0 Å². The van der Waals surface area contributed by atoms with Crippen LogP contribution in [0, 0.1) is 0 Å². The van der Waals surface area contributed by atoms with Crippen molar-refractivity contribution in [3.8, 4) is 0 Å². The van der Waals surface area contributed by atoms with Gasteiger partial charge in [0.1, 0.15) is 0 Å². The molecule has 0 amide bonds. The van der Waals surface area contributed by atoms with Gasteiger partial charge in [-0.25, -0.2) is 0 Å². The number of halogens is 1. The number of hydrogen-bond acceptors (Lipinski definition) is 2. The highest BCUT2D eigenvalue weighted by molar-refractivity contribution is 9.10. The fourth-order valence-electron chi connectivity index (χ4n) is 3.45. The van der Waals surface area contributed by atoms with Crippen LogP contribution in [0.15, 0.2) is 28.7 Å². The topological polar surface area (TPSA) is 43.8 Å². The summed E-state index contributed by atoms with van der Waals surface area (Å²) in [6.07, 6.45) is 5.09. The van der Waals surface area contributed by atoms with Crippen molar-refractivity contribution in [1.29, 1.82) is 0 Å². The summed E-state index contributed by atoms with van der Waals surface area (Å²) in [6, 6.07) is 8.62. The van der Waals surface area contributed by atoms with E-state index in [0.29, 0.717) is 0 Å². The van der Waals surface area contributed by atoms with Crippen molar-refractivity contribution in [1.82, 2.24) is 9.78 Å². The van der Waals surface area contributed by atoms with E-state index < -0.39 is 0 Å². The molecule has 0 bridgehead atoms. The number of aryl methyl sites for hydroxylation is 3. The molecule has 1 heterocycles. The van der Waals surface area contributed by atoms with E-state index in [1.807, 2.05) is 11.7 Å².